The van der Waals surface area contributed by atoms with Gasteiger partial charge in [0.15, 0.2) is 0 Å². The lowest BCUT2D eigenvalue weighted by Gasteiger charge is -2.10. The van der Waals surface area contributed by atoms with E-state index in [1.54, 1.807) is 0 Å². The lowest BCUT2D eigenvalue weighted by atomic mass is 10.2. The standard InChI is InChI=1S/C9H8FN3O6/c1-4(9(14)15)11-6-2-5(10)7(12(16)17)3-8(6)13(18)19/h2-4,11H,1H3,(H,14,15)/t4-/m0/s1. The maximum atomic E-state index is 13.3. The zero-order valence-electron chi connectivity index (χ0n) is 9.49. The lowest BCUT2D eigenvalue weighted by molar-refractivity contribution is -0.395. The fourth-order valence-electron chi connectivity index (χ4n) is 1.25. The Labute approximate surface area is 105 Å². The van der Waals surface area contributed by atoms with E-state index in [1.807, 2.05) is 0 Å². The molecule has 1 atom stereocenters. The summed E-state index contributed by atoms with van der Waals surface area (Å²) in [5.41, 5.74) is -2.27. The SMILES string of the molecule is C[C@H](Nc1cc(F)c([N+](=O)[O-])cc1[N+](=O)[O-])C(=O)O. The number of carboxylic acids is 1. The summed E-state index contributed by atoms with van der Waals surface area (Å²) in [6.07, 6.45) is 0. The number of nitrogens with zero attached hydrogens (tertiary/aromatic N) is 2. The third-order valence-electron chi connectivity index (χ3n) is 2.20. The number of rotatable bonds is 5. The molecule has 0 heterocycles. The number of nitrogens with one attached hydrogen (secondary N) is 1. The van der Waals surface area contributed by atoms with Crippen molar-refractivity contribution >= 4 is 23.0 Å². The summed E-state index contributed by atoms with van der Waals surface area (Å²) in [6, 6.07) is -0.262. The third kappa shape index (κ3) is 3.12. The molecule has 0 saturated heterocycles. The first-order valence-corrected chi connectivity index (χ1v) is 4.85. The van der Waals surface area contributed by atoms with E-state index in [4.69, 9.17) is 5.11 Å². The zero-order chi connectivity index (χ0) is 14.7. The molecule has 19 heavy (non-hydrogen) atoms. The fraction of sp³-hybridized carbons (Fsp3) is 0.222. The largest absolute Gasteiger partial charge is 0.480 e. The van der Waals surface area contributed by atoms with Crippen molar-refractivity contribution in [1.82, 2.24) is 0 Å². The fourth-order valence-corrected chi connectivity index (χ4v) is 1.25. The van der Waals surface area contributed by atoms with Gasteiger partial charge in [0.1, 0.15) is 11.7 Å². The molecule has 0 radical (unpaired) electrons. The molecule has 2 N–H and O–H groups in total. The Balaban J connectivity index is 3.31. The van der Waals surface area contributed by atoms with Gasteiger partial charge in [-0.05, 0) is 6.92 Å². The van der Waals surface area contributed by atoms with Crippen molar-refractivity contribution in [2.75, 3.05) is 5.32 Å². The summed E-state index contributed by atoms with van der Waals surface area (Å²) in [7, 11) is 0. The number of nitro groups is 2. The van der Waals surface area contributed by atoms with E-state index in [0.717, 1.165) is 0 Å². The summed E-state index contributed by atoms with van der Waals surface area (Å²) in [6.45, 7) is 1.19. The zero-order valence-corrected chi connectivity index (χ0v) is 9.49. The van der Waals surface area contributed by atoms with Crippen LogP contribution in [0.25, 0.3) is 0 Å². The van der Waals surface area contributed by atoms with Crippen molar-refractivity contribution in [3.63, 3.8) is 0 Å². The van der Waals surface area contributed by atoms with Gasteiger partial charge in [-0.3, -0.25) is 25.0 Å². The molecule has 10 heteroatoms. The average molecular weight is 273 g/mol. The van der Waals surface area contributed by atoms with Crippen LogP contribution in [0.3, 0.4) is 0 Å². The minimum atomic E-state index is -1.31. The van der Waals surface area contributed by atoms with Crippen LogP contribution < -0.4 is 5.32 Å². The second-order valence-electron chi connectivity index (χ2n) is 3.54. The van der Waals surface area contributed by atoms with Gasteiger partial charge < -0.3 is 10.4 Å². The second kappa shape index (κ2) is 5.25. The Morgan fingerprint density at radius 2 is 1.84 bits per heavy atom. The molecule has 0 unspecified atom stereocenters. The molecule has 1 rings (SSSR count). The van der Waals surface area contributed by atoms with E-state index >= 15 is 0 Å². The smallest absolute Gasteiger partial charge is 0.325 e. The number of nitro benzene ring substituents is 2. The quantitative estimate of drug-likeness (QED) is 0.613. The number of carbonyl (C=O) groups is 1. The summed E-state index contributed by atoms with van der Waals surface area (Å²) in [5.74, 6) is -2.61. The molecule has 0 amide bonds. The average Bonchev–Trinajstić information content (AvgIpc) is 2.27. The molecule has 0 saturated carbocycles. The highest BCUT2D eigenvalue weighted by atomic mass is 19.1. The number of anilines is 1. The normalized spacial score (nSPS) is 11.7. The summed E-state index contributed by atoms with van der Waals surface area (Å²) < 4.78 is 13.3. The van der Waals surface area contributed by atoms with Crippen LogP contribution in [-0.4, -0.2) is 27.0 Å². The van der Waals surface area contributed by atoms with Crippen molar-refractivity contribution < 1.29 is 24.1 Å². The molecule has 0 bridgehead atoms. The van der Waals surface area contributed by atoms with Gasteiger partial charge in [-0.2, -0.15) is 4.39 Å². The molecule has 1 aromatic carbocycles. The highest BCUT2D eigenvalue weighted by Crippen LogP contribution is 2.32. The number of aliphatic carboxylic acids is 1. The van der Waals surface area contributed by atoms with Crippen LogP contribution in [-0.2, 0) is 4.79 Å². The molecule has 1 aromatic rings. The molecular formula is C9H8FN3O6. The maximum Gasteiger partial charge on any atom is 0.325 e. The Bertz CT molecular complexity index is 561. The number of hydrogen-bond acceptors (Lipinski definition) is 6. The predicted octanol–water partition coefficient (Wildman–Crippen LogP) is 1.53. The Hall–Kier alpha value is -2.78. The van der Waals surface area contributed by atoms with Crippen molar-refractivity contribution in [3.8, 4) is 0 Å². The summed E-state index contributed by atoms with van der Waals surface area (Å²) in [4.78, 5) is 29.7. The predicted molar refractivity (Wildman–Crippen MR) is 60.4 cm³/mol. The van der Waals surface area contributed by atoms with Gasteiger partial charge >= 0.3 is 11.7 Å². The monoisotopic (exact) mass is 273 g/mol. The molecule has 0 spiro atoms. The van der Waals surface area contributed by atoms with Gasteiger partial charge in [-0.15, -0.1) is 0 Å². The summed E-state index contributed by atoms with van der Waals surface area (Å²) >= 11 is 0. The Morgan fingerprint density at radius 1 is 1.32 bits per heavy atom. The van der Waals surface area contributed by atoms with E-state index in [2.05, 4.69) is 5.32 Å². The van der Waals surface area contributed by atoms with Gasteiger partial charge in [0.25, 0.3) is 5.69 Å². The molecular weight excluding hydrogens is 265 g/mol. The molecule has 9 nitrogen and oxygen atoms in total. The van der Waals surface area contributed by atoms with Crippen molar-refractivity contribution in [2.24, 2.45) is 0 Å². The Morgan fingerprint density at radius 3 is 2.26 bits per heavy atom. The van der Waals surface area contributed by atoms with Gasteiger partial charge in [-0.25, -0.2) is 0 Å². The minimum absolute atomic E-state index is 0.437. The Kier molecular flexibility index (Phi) is 3.94. The molecule has 0 fully saturated rings. The molecule has 0 aliphatic heterocycles. The highest BCUT2D eigenvalue weighted by molar-refractivity contribution is 5.79. The lowest BCUT2D eigenvalue weighted by Crippen LogP contribution is -2.25. The van der Waals surface area contributed by atoms with Crippen molar-refractivity contribution in [3.05, 3.63) is 38.2 Å². The topological polar surface area (TPSA) is 136 Å². The van der Waals surface area contributed by atoms with E-state index in [0.29, 0.717) is 12.1 Å². The van der Waals surface area contributed by atoms with Gasteiger partial charge in [0.2, 0.25) is 5.82 Å². The van der Waals surface area contributed by atoms with Crippen LogP contribution in [0.15, 0.2) is 12.1 Å². The number of hydrogen-bond donors (Lipinski definition) is 2. The number of halogens is 1. The van der Waals surface area contributed by atoms with Gasteiger partial charge in [0.05, 0.1) is 15.9 Å². The minimum Gasteiger partial charge on any atom is -0.480 e. The van der Waals surface area contributed by atoms with E-state index in [1.165, 1.54) is 6.92 Å². The van der Waals surface area contributed by atoms with E-state index in [-0.39, 0.29) is 0 Å². The van der Waals surface area contributed by atoms with Crippen LogP contribution in [0.4, 0.5) is 21.5 Å². The van der Waals surface area contributed by atoms with Crippen LogP contribution in [0.5, 0.6) is 0 Å². The van der Waals surface area contributed by atoms with Crippen LogP contribution in [0, 0.1) is 26.0 Å². The van der Waals surface area contributed by atoms with Gasteiger partial charge in [0, 0.05) is 6.07 Å². The molecule has 0 aliphatic carbocycles. The van der Waals surface area contributed by atoms with E-state index < -0.39 is 44.7 Å². The maximum absolute atomic E-state index is 13.3. The van der Waals surface area contributed by atoms with Crippen LogP contribution in [0.2, 0.25) is 0 Å². The number of carboxylic acid groups (broad SMARTS) is 1. The number of benzene rings is 1. The van der Waals surface area contributed by atoms with Crippen molar-refractivity contribution in [1.29, 1.82) is 0 Å². The summed E-state index contributed by atoms with van der Waals surface area (Å²) in [5, 5.41) is 32.0. The second-order valence-corrected chi connectivity index (χ2v) is 3.54. The highest BCUT2D eigenvalue weighted by Gasteiger charge is 2.26. The molecule has 0 aliphatic rings. The first kappa shape index (κ1) is 14.3. The first-order valence-electron chi connectivity index (χ1n) is 4.85. The third-order valence-corrected chi connectivity index (χ3v) is 2.20. The molecule has 0 aromatic heterocycles. The van der Waals surface area contributed by atoms with Crippen molar-refractivity contribution in [2.45, 2.75) is 13.0 Å². The van der Waals surface area contributed by atoms with Crippen LogP contribution >= 0.6 is 0 Å². The van der Waals surface area contributed by atoms with Crippen LogP contribution in [0.1, 0.15) is 6.92 Å². The van der Waals surface area contributed by atoms with Gasteiger partial charge in [-0.1, -0.05) is 0 Å². The first-order chi connectivity index (χ1) is 8.73. The molecule has 102 valence electrons. The van der Waals surface area contributed by atoms with E-state index in [9.17, 15) is 29.4 Å².